The minimum absolute atomic E-state index is 0.0321. The first-order chi connectivity index (χ1) is 21.5. The van der Waals surface area contributed by atoms with Crippen molar-refractivity contribution in [1.29, 1.82) is 0 Å². The maximum absolute atomic E-state index is 14.2. The molecule has 2 saturated heterocycles. The third-order valence-corrected chi connectivity index (χ3v) is 8.71. The molecule has 224 valence electrons. The Labute approximate surface area is 257 Å². The number of carbonyl (C=O) groups is 3. The van der Waals surface area contributed by atoms with E-state index < -0.39 is 11.5 Å². The molecule has 4 aromatic rings. The molecule has 1 N–H and O–H groups in total. The summed E-state index contributed by atoms with van der Waals surface area (Å²) in [6, 6.07) is 36.6. The van der Waals surface area contributed by atoms with Gasteiger partial charge in [-0.25, -0.2) is 0 Å². The number of benzene rings is 4. The topological polar surface area (TPSA) is 82.2 Å². The lowest BCUT2D eigenvalue weighted by Gasteiger charge is -2.44. The van der Waals surface area contributed by atoms with Crippen LogP contribution in [0.4, 0.5) is 11.4 Å². The van der Waals surface area contributed by atoms with Gasteiger partial charge in [0.1, 0.15) is 17.8 Å². The molecule has 2 fully saturated rings. The van der Waals surface area contributed by atoms with Gasteiger partial charge in [0, 0.05) is 24.5 Å². The molecule has 8 heteroatoms. The van der Waals surface area contributed by atoms with E-state index in [4.69, 9.17) is 4.74 Å². The summed E-state index contributed by atoms with van der Waals surface area (Å²) in [5, 5.41) is 2.89. The van der Waals surface area contributed by atoms with Crippen LogP contribution in [0.3, 0.4) is 0 Å². The number of ether oxygens (including phenoxy) is 1. The van der Waals surface area contributed by atoms with Crippen molar-refractivity contribution in [1.82, 2.24) is 9.80 Å². The van der Waals surface area contributed by atoms with Gasteiger partial charge in [0.05, 0.1) is 19.7 Å². The summed E-state index contributed by atoms with van der Waals surface area (Å²) in [6.45, 7) is 1.11. The van der Waals surface area contributed by atoms with Crippen LogP contribution in [0.15, 0.2) is 115 Å². The molecule has 0 bridgehead atoms. The van der Waals surface area contributed by atoms with Crippen molar-refractivity contribution >= 4 is 29.1 Å². The molecule has 2 aliphatic heterocycles. The van der Waals surface area contributed by atoms with E-state index in [9.17, 15) is 14.4 Å². The number of carbonyl (C=O) groups excluding carboxylic acids is 3. The third-order valence-electron chi connectivity index (χ3n) is 8.71. The fourth-order valence-electron chi connectivity index (χ4n) is 6.42. The Morgan fingerprint density at radius 1 is 0.795 bits per heavy atom. The highest BCUT2D eigenvalue weighted by Crippen LogP contribution is 2.40. The van der Waals surface area contributed by atoms with Gasteiger partial charge in [-0.05, 0) is 60.4 Å². The number of nitrogens with one attached hydrogen (secondary N) is 1. The van der Waals surface area contributed by atoms with E-state index in [0.717, 1.165) is 16.8 Å². The zero-order chi connectivity index (χ0) is 30.5. The van der Waals surface area contributed by atoms with Crippen LogP contribution in [0.25, 0.3) is 0 Å². The molecule has 2 aliphatic rings. The number of hydrogen-bond donors (Lipinski definition) is 1. The molecule has 0 aliphatic carbocycles. The minimum Gasteiger partial charge on any atom is -0.497 e. The second-order valence-corrected chi connectivity index (χ2v) is 11.3. The van der Waals surface area contributed by atoms with E-state index >= 15 is 0 Å². The van der Waals surface area contributed by atoms with E-state index in [0.29, 0.717) is 44.0 Å². The van der Waals surface area contributed by atoms with Gasteiger partial charge in [0.2, 0.25) is 11.8 Å². The summed E-state index contributed by atoms with van der Waals surface area (Å²) in [6.07, 6.45) is 0.943. The van der Waals surface area contributed by atoms with Crippen LogP contribution in [-0.2, 0) is 14.4 Å². The maximum atomic E-state index is 14.2. The van der Waals surface area contributed by atoms with Gasteiger partial charge < -0.3 is 24.8 Å². The summed E-state index contributed by atoms with van der Waals surface area (Å²) in [5.74, 6) is -0.0450. The molecule has 0 atom stereocenters. The van der Waals surface area contributed by atoms with Crippen molar-refractivity contribution in [2.24, 2.45) is 0 Å². The number of likely N-dealkylation sites (tertiary alicyclic amines) is 1. The second kappa shape index (κ2) is 12.6. The summed E-state index contributed by atoms with van der Waals surface area (Å²) < 4.78 is 5.20. The lowest BCUT2D eigenvalue weighted by atomic mass is 9.83. The molecule has 2 heterocycles. The number of amides is 3. The summed E-state index contributed by atoms with van der Waals surface area (Å²) in [7, 11) is 1.59. The van der Waals surface area contributed by atoms with Crippen molar-refractivity contribution in [3.8, 4) is 5.75 Å². The molecule has 1 spiro atoms. The standard InChI is InChI=1S/C36H36N4O4/c1-44-31-19-17-29(18-20-31)37-32(41)25-39-26-40(30-15-9-4-10-16-30)36(35(39)43)21-23-38(24-22-36)34(42)33(27-11-5-2-6-12-27)28-13-7-3-8-14-28/h2-20,33H,21-26H2,1H3,(H,37,41). The normalized spacial score (nSPS) is 16.0. The van der Waals surface area contributed by atoms with Gasteiger partial charge in [0.15, 0.2) is 0 Å². The van der Waals surface area contributed by atoms with Crippen LogP contribution in [-0.4, -0.2) is 66.5 Å². The van der Waals surface area contributed by atoms with Gasteiger partial charge in [-0.1, -0.05) is 78.9 Å². The van der Waals surface area contributed by atoms with E-state index in [2.05, 4.69) is 10.2 Å². The SMILES string of the molecule is COc1ccc(NC(=O)CN2CN(c3ccccc3)C3(CCN(C(=O)C(c4ccccc4)c4ccccc4)CC3)C2=O)cc1. The second-order valence-electron chi connectivity index (χ2n) is 11.3. The quantitative estimate of drug-likeness (QED) is 0.309. The molecule has 0 unspecified atom stereocenters. The maximum Gasteiger partial charge on any atom is 0.250 e. The highest BCUT2D eigenvalue weighted by molar-refractivity contribution is 5.99. The fraction of sp³-hybridized carbons (Fsp3) is 0.250. The first kappa shape index (κ1) is 29.0. The molecule has 44 heavy (non-hydrogen) atoms. The van der Waals surface area contributed by atoms with Crippen molar-refractivity contribution < 1.29 is 19.1 Å². The molecule has 4 aromatic carbocycles. The predicted molar refractivity (Wildman–Crippen MR) is 170 cm³/mol. The van der Waals surface area contributed by atoms with Crippen molar-refractivity contribution in [3.05, 3.63) is 126 Å². The number of piperidine rings is 1. The van der Waals surface area contributed by atoms with Gasteiger partial charge in [-0.3, -0.25) is 14.4 Å². The first-order valence-electron chi connectivity index (χ1n) is 14.9. The van der Waals surface area contributed by atoms with Crippen molar-refractivity contribution in [2.45, 2.75) is 24.3 Å². The predicted octanol–water partition coefficient (Wildman–Crippen LogP) is 5.13. The Morgan fingerprint density at radius 3 is 1.89 bits per heavy atom. The Kier molecular flexibility index (Phi) is 8.32. The van der Waals surface area contributed by atoms with E-state index in [1.807, 2.05) is 95.9 Å². The van der Waals surface area contributed by atoms with Gasteiger partial charge >= 0.3 is 0 Å². The largest absolute Gasteiger partial charge is 0.497 e. The summed E-state index contributed by atoms with van der Waals surface area (Å²) >= 11 is 0. The van der Waals surface area contributed by atoms with E-state index in [1.54, 1.807) is 36.3 Å². The van der Waals surface area contributed by atoms with Gasteiger partial charge in [0.25, 0.3) is 5.91 Å². The summed E-state index contributed by atoms with van der Waals surface area (Å²) in [4.78, 5) is 47.0. The zero-order valence-electron chi connectivity index (χ0n) is 24.8. The van der Waals surface area contributed by atoms with E-state index in [-0.39, 0.29) is 24.3 Å². The monoisotopic (exact) mass is 588 g/mol. The minimum atomic E-state index is -0.840. The molecular weight excluding hydrogens is 552 g/mol. The molecular formula is C36H36N4O4. The molecule has 0 saturated carbocycles. The van der Waals surface area contributed by atoms with Crippen LogP contribution in [0.5, 0.6) is 5.75 Å². The Hall–Kier alpha value is -5.11. The Bertz CT molecular complexity index is 1550. The van der Waals surface area contributed by atoms with Gasteiger partial charge in [-0.2, -0.15) is 0 Å². The molecule has 8 nitrogen and oxygen atoms in total. The molecule has 3 amide bonds. The van der Waals surface area contributed by atoms with Crippen LogP contribution in [0.1, 0.15) is 29.9 Å². The van der Waals surface area contributed by atoms with Crippen molar-refractivity contribution in [3.63, 3.8) is 0 Å². The third kappa shape index (κ3) is 5.75. The number of rotatable bonds is 8. The molecule has 6 rings (SSSR count). The smallest absolute Gasteiger partial charge is 0.250 e. The Balaban J connectivity index is 1.21. The average molecular weight is 589 g/mol. The highest BCUT2D eigenvalue weighted by Gasteiger charge is 2.54. The highest BCUT2D eigenvalue weighted by atomic mass is 16.5. The average Bonchev–Trinajstić information content (AvgIpc) is 3.33. The lowest BCUT2D eigenvalue weighted by Crippen LogP contribution is -2.58. The summed E-state index contributed by atoms with van der Waals surface area (Å²) in [5.41, 5.74) is 2.61. The van der Waals surface area contributed by atoms with Crippen LogP contribution < -0.4 is 15.0 Å². The van der Waals surface area contributed by atoms with Crippen molar-refractivity contribution in [2.75, 3.05) is 43.6 Å². The van der Waals surface area contributed by atoms with Crippen LogP contribution >= 0.6 is 0 Å². The zero-order valence-corrected chi connectivity index (χ0v) is 24.8. The van der Waals surface area contributed by atoms with Crippen LogP contribution in [0.2, 0.25) is 0 Å². The van der Waals surface area contributed by atoms with Crippen LogP contribution in [0, 0.1) is 0 Å². The number of nitrogens with zero attached hydrogens (tertiary/aromatic N) is 3. The number of hydrogen-bond acceptors (Lipinski definition) is 5. The first-order valence-corrected chi connectivity index (χ1v) is 14.9. The fourth-order valence-corrected chi connectivity index (χ4v) is 6.42. The molecule has 0 radical (unpaired) electrons. The Morgan fingerprint density at radius 2 is 1.34 bits per heavy atom. The lowest BCUT2D eigenvalue weighted by molar-refractivity contribution is -0.139. The molecule has 0 aromatic heterocycles. The number of anilines is 2. The number of para-hydroxylation sites is 1. The van der Waals surface area contributed by atoms with Gasteiger partial charge in [-0.15, -0.1) is 0 Å². The van der Waals surface area contributed by atoms with E-state index in [1.165, 1.54) is 0 Å². The number of methoxy groups -OCH3 is 1.